The van der Waals surface area contributed by atoms with E-state index < -0.39 is 0 Å². The molecule has 2 aliphatic rings. The van der Waals surface area contributed by atoms with Gasteiger partial charge < -0.3 is 10.1 Å². The first-order valence-corrected chi connectivity index (χ1v) is 10.2. The zero-order valence-corrected chi connectivity index (χ0v) is 17.7. The molecule has 0 atom stereocenters. The molecule has 0 radical (unpaired) electrons. The van der Waals surface area contributed by atoms with Crippen molar-refractivity contribution < 1.29 is 4.36 Å². The van der Waals surface area contributed by atoms with Gasteiger partial charge in [-0.1, -0.05) is 66.2 Å². The lowest BCUT2D eigenvalue weighted by molar-refractivity contribution is -0.602. The summed E-state index contributed by atoms with van der Waals surface area (Å²) in [6, 6.07) is 14.9. The number of hydrogen-bond acceptors (Lipinski definition) is 1. The van der Waals surface area contributed by atoms with Crippen LogP contribution in [0.4, 0.5) is 0 Å². The molecule has 31 heavy (non-hydrogen) atoms. The Kier molecular flexibility index (Phi) is 4.77. The quantitative estimate of drug-likeness (QED) is 0.562. The summed E-state index contributed by atoms with van der Waals surface area (Å²) in [4.78, 5) is 13.1. The summed E-state index contributed by atoms with van der Waals surface area (Å²) in [6.07, 6.45) is 8.94. The van der Waals surface area contributed by atoms with Crippen LogP contribution in [-0.2, 0) is 0 Å². The topological polar surface area (TPSA) is 56.1 Å². The van der Waals surface area contributed by atoms with Crippen molar-refractivity contribution in [3.63, 3.8) is 0 Å². The predicted molar refractivity (Wildman–Crippen MR) is 122 cm³/mol. The highest BCUT2D eigenvalue weighted by Gasteiger charge is 2.13. The molecule has 2 aromatic carbocycles. The molecule has 2 heterocycles. The average Bonchev–Trinajstić information content (AvgIpc) is 3.11. The van der Waals surface area contributed by atoms with E-state index in [-0.39, 0.29) is 5.69 Å². The van der Waals surface area contributed by atoms with E-state index in [0.717, 1.165) is 27.8 Å². The van der Waals surface area contributed by atoms with Crippen LogP contribution >= 0.6 is 23.2 Å². The summed E-state index contributed by atoms with van der Waals surface area (Å²) in [5, 5.41) is 5.90. The number of halogens is 2. The zero-order valence-electron chi connectivity index (χ0n) is 16.2. The summed E-state index contributed by atoms with van der Waals surface area (Å²) in [6.45, 7) is 3.89. The van der Waals surface area contributed by atoms with Crippen LogP contribution in [0.25, 0.3) is 16.6 Å². The van der Waals surface area contributed by atoms with Crippen molar-refractivity contribution in [1.82, 2.24) is 9.77 Å². The number of aromatic nitrogens is 3. The second-order valence-electron chi connectivity index (χ2n) is 7.04. The summed E-state index contributed by atoms with van der Waals surface area (Å²) in [5.74, 6) is 0. The van der Waals surface area contributed by atoms with Gasteiger partial charge in [-0.25, -0.2) is 4.79 Å². The zero-order chi connectivity index (χ0) is 21.5. The largest absolute Gasteiger partial charge is 0.685 e. The lowest BCUT2D eigenvalue weighted by atomic mass is 9.93. The Bertz CT molecular complexity index is 1470. The standard InChI is InChI=1S/C24H15Cl2N4O/c1-15-2-12-20(13-3-15)29-24(31)30-23(28-29)22(17-6-10-19(26)11-7-17)21(14-27-30)16-4-8-18(25)9-5-16/h2-14H,1H2/q-1. The molecule has 152 valence electrons. The van der Waals surface area contributed by atoms with Gasteiger partial charge in [0.15, 0.2) is 0 Å². The van der Waals surface area contributed by atoms with Crippen LogP contribution in [0.5, 0.6) is 0 Å². The maximum Gasteiger partial charge on any atom is 0.322 e. The Morgan fingerprint density at radius 1 is 0.839 bits per heavy atom. The van der Waals surface area contributed by atoms with Crippen molar-refractivity contribution in [2.24, 2.45) is 0 Å². The molecule has 0 amide bonds. The predicted octanol–water partition coefficient (Wildman–Crippen LogP) is 3.85. The van der Waals surface area contributed by atoms with Gasteiger partial charge in [-0.05, 0) is 69.7 Å². The number of allylic oxidation sites excluding steroid dienone is 6. The fourth-order valence-electron chi connectivity index (χ4n) is 3.48. The number of nitrogens with zero attached hydrogens (tertiary/aromatic N) is 4. The Balaban J connectivity index is 1.83. The molecule has 0 bridgehead atoms. The van der Waals surface area contributed by atoms with Gasteiger partial charge in [0.05, 0.1) is 0 Å². The van der Waals surface area contributed by atoms with E-state index in [9.17, 15) is 4.79 Å². The van der Waals surface area contributed by atoms with Crippen molar-refractivity contribution in [2.75, 3.05) is 0 Å². The Hall–Kier alpha value is -3.54. The van der Waals surface area contributed by atoms with Crippen molar-refractivity contribution in [3.05, 3.63) is 139 Å². The van der Waals surface area contributed by atoms with Gasteiger partial charge in [-0.2, -0.15) is 10.6 Å². The third-order valence-electron chi connectivity index (χ3n) is 5.02. The second-order valence-corrected chi connectivity index (χ2v) is 7.92. The molecule has 7 heteroatoms. The molecule has 0 N–H and O–H groups in total. The van der Waals surface area contributed by atoms with Gasteiger partial charge in [-0.3, -0.25) is 5.10 Å². The highest BCUT2D eigenvalue weighted by molar-refractivity contribution is 6.31. The van der Waals surface area contributed by atoms with Gasteiger partial charge in [0.2, 0.25) is 0 Å². The summed E-state index contributed by atoms with van der Waals surface area (Å²) >= 11 is 12.2. The van der Waals surface area contributed by atoms with Gasteiger partial charge in [0.1, 0.15) is 5.71 Å². The van der Waals surface area contributed by atoms with Gasteiger partial charge in [-0.15, -0.1) is 0 Å². The minimum atomic E-state index is -0.357. The van der Waals surface area contributed by atoms with E-state index in [4.69, 9.17) is 23.2 Å². The molecule has 0 fully saturated rings. The molecule has 1 aromatic heterocycles. The molecule has 1 aliphatic heterocycles. The van der Waals surface area contributed by atoms with Gasteiger partial charge in [0.25, 0.3) is 0 Å². The maximum atomic E-state index is 13.1. The van der Waals surface area contributed by atoms with Crippen LogP contribution in [0, 0.1) is 5.71 Å². The smallest absolute Gasteiger partial charge is 0.322 e. The van der Waals surface area contributed by atoms with E-state index in [1.807, 2.05) is 60.7 Å². The fourth-order valence-corrected chi connectivity index (χ4v) is 3.73. The van der Waals surface area contributed by atoms with Crippen molar-refractivity contribution >= 4 is 34.3 Å². The average molecular weight is 446 g/mol. The molecule has 0 spiro atoms. The van der Waals surface area contributed by atoms with E-state index in [1.165, 1.54) is 9.03 Å². The van der Waals surface area contributed by atoms with Crippen molar-refractivity contribution in [3.8, 4) is 0 Å². The highest BCUT2D eigenvalue weighted by atomic mass is 35.5. The van der Waals surface area contributed by atoms with E-state index in [2.05, 4.69) is 17.1 Å². The van der Waals surface area contributed by atoms with Crippen molar-refractivity contribution in [1.29, 1.82) is 0 Å². The number of benzene rings is 2. The first kappa shape index (κ1) is 19.4. The number of hydrogen-bond donors (Lipinski definition) is 0. The second kappa shape index (κ2) is 7.61. The molecule has 0 unspecified atom stereocenters. The summed E-state index contributed by atoms with van der Waals surface area (Å²) in [7, 11) is 0. The van der Waals surface area contributed by atoms with E-state index in [1.54, 1.807) is 18.4 Å². The lowest BCUT2D eigenvalue weighted by Crippen LogP contribution is -2.42. The molecule has 1 aliphatic carbocycles. The summed E-state index contributed by atoms with van der Waals surface area (Å²) < 4.78 is 2.65. The Labute approximate surface area is 187 Å². The number of rotatable bonds is 2. The Morgan fingerprint density at radius 3 is 2.03 bits per heavy atom. The van der Waals surface area contributed by atoms with Crippen LogP contribution in [0.2, 0.25) is 10.0 Å². The normalized spacial score (nSPS) is 15.0. The molecule has 5 rings (SSSR count). The van der Waals surface area contributed by atoms with Crippen LogP contribution in [-0.4, -0.2) is 4.68 Å². The maximum absolute atomic E-state index is 13.1. The minimum absolute atomic E-state index is 0.357. The fraction of sp³-hybridized carbons (Fsp3) is 0. The van der Waals surface area contributed by atoms with Gasteiger partial charge in [0, 0.05) is 10.0 Å². The molecule has 0 saturated heterocycles. The van der Waals surface area contributed by atoms with E-state index in [0.29, 0.717) is 21.2 Å². The highest BCUT2D eigenvalue weighted by Crippen LogP contribution is 2.32. The molecular formula is C24H15Cl2N4O-. The molecule has 3 aromatic rings. The van der Waals surface area contributed by atoms with Crippen molar-refractivity contribution in [2.45, 2.75) is 0 Å². The SMILES string of the molecule is C=C1C=CC(=[n+]2[n-]c3n(c2=O)[N-]C=C(c2ccc(Cl)cc2)C=3c2ccc(Cl)cc2)C=C1. The molecular weight excluding hydrogens is 431 g/mol. The third-order valence-corrected chi connectivity index (χ3v) is 5.53. The lowest BCUT2D eigenvalue weighted by Gasteiger charge is -2.33. The van der Waals surface area contributed by atoms with Crippen LogP contribution in [0.1, 0.15) is 11.1 Å². The third kappa shape index (κ3) is 3.48. The first-order valence-electron chi connectivity index (χ1n) is 9.46. The van der Waals surface area contributed by atoms with Crippen LogP contribution < -0.4 is 20.6 Å². The monoisotopic (exact) mass is 445 g/mol. The molecule has 5 nitrogen and oxygen atoms in total. The van der Waals surface area contributed by atoms with Gasteiger partial charge >= 0.3 is 5.69 Å². The first-order chi connectivity index (χ1) is 15.0. The minimum Gasteiger partial charge on any atom is -0.685 e. The van der Waals surface area contributed by atoms with E-state index >= 15 is 0 Å². The van der Waals surface area contributed by atoms with Crippen LogP contribution in [0.15, 0.2) is 96.0 Å². The summed E-state index contributed by atoms with van der Waals surface area (Å²) in [5.41, 5.74) is 9.36. The number of fused-ring (bicyclic) bond motifs is 1. The van der Waals surface area contributed by atoms with Crippen LogP contribution in [0.3, 0.4) is 0 Å². The Morgan fingerprint density at radius 2 is 1.42 bits per heavy atom. The molecule has 0 saturated carbocycles.